The van der Waals surface area contributed by atoms with Gasteiger partial charge in [-0.25, -0.2) is 14.2 Å². The number of ether oxygens (including phenoxy) is 2. The Balaban J connectivity index is 1.68. The summed E-state index contributed by atoms with van der Waals surface area (Å²) in [6.07, 6.45) is 4.70. The molecule has 0 spiro atoms. The van der Waals surface area contributed by atoms with Crippen LogP contribution in [0.25, 0.3) is 17.1 Å². The van der Waals surface area contributed by atoms with Gasteiger partial charge in [0.05, 0.1) is 0 Å². The molecule has 0 unspecified atom stereocenters. The molecule has 2 aromatic heterocycles. The number of carbonyl (C=O) groups is 3. The molecule has 156 valence electrons. The molecule has 9 nitrogen and oxygen atoms in total. The second-order valence-electron chi connectivity index (χ2n) is 6.46. The molecule has 3 aromatic rings. The Labute approximate surface area is 174 Å². The van der Waals surface area contributed by atoms with E-state index in [1.807, 2.05) is 0 Å². The van der Waals surface area contributed by atoms with Crippen LogP contribution in [-0.4, -0.2) is 34.2 Å². The van der Waals surface area contributed by atoms with Gasteiger partial charge in [0.25, 0.3) is 5.91 Å². The predicted molar refractivity (Wildman–Crippen MR) is 107 cm³/mol. The second-order valence-corrected chi connectivity index (χ2v) is 6.46. The highest BCUT2D eigenvalue weighted by atomic mass is 19.1. The zero-order valence-electron chi connectivity index (χ0n) is 15.8. The van der Waals surface area contributed by atoms with Crippen molar-refractivity contribution in [1.82, 2.24) is 9.97 Å². The van der Waals surface area contributed by atoms with E-state index in [4.69, 9.17) is 15.2 Å². The molecule has 1 aromatic carbocycles. The normalized spacial score (nSPS) is 14.7. The van der Waals surface area contributed by atoms with Gasteiger partial charge in [0.2, 0.25) is 11.7 Å². The molecule has 10 heteroatoms. The Morgan fingerprint density at radius 1 is 1.26 bits per heavy atom. The number of rotatable bonds is 6. The van der Waals surface area contributed by atoms with Crippen molar-refractivity contribution in [3.8, 4) is 0 Å². The third kappa shape index (κ3) is 4.13. The lowest BCUT2D eigenvalue weighted by molar-refractivity contribution is -0.144. The van der Waals surface area contributed by atoms with Crippen LogP contribution in [-0.2, 0) is 23.9 Å². The number of H-pyrrole nitrogens is 1. The number of nitrogens with two attached hydrogens (primary N) is 1. The van der Waals surface area contributed by atoms with Gasteiger partial charge in [0, 0.05) is 29.0 Å². The summed E-state index contributed by atoms with van der Waals surface area (Å²) in [6, 6.07) is 8.73. The molecule has 0 bridgehead atoms. The molecule has 4 rings (SSSR count). The molecule has 4 N–H and O–H groups in total. The van der Waals surface area contributed by atoms with Gasteiger partial charge in [0.1, 0.15) is 11.5 Å². The Kier molecular flexibility index (Phi) is 5.19. The molecule has 1 aliphatic rings. The monoisotopic (exact) mass is 422 g/mol. The first-order valence-electron chi connectivity index (χ1n) is 9.01. The maximum absolute atomic E-state index is 13.2. The fraction of sp³-hybridized carbons (Fsp3) is 0.0476. The van der Waals surface area contributed by atoms with Gasteiger partial charge in [-0.1, -0.05) is 0 Å². The van der Waals surface area contributed by atoms with E-state index in [1.165, 1.54) is 30.3 Å². The molecule has 1 aliphatic heterocycles. The molecule has 0 saturated heterocycles. The number of Topliss-reactive ketones (excluding diaryl/α,β-unsaturated/α-hetero) is 1. The van der Waals surface area contributed by atoms with Gasteiger partial charge in [0.15, 0.2) is 17.9 Å². The number of amides is 1. The largest absolute Gasteiger partial charge is 0.452 e. The van der Waals surface area contributed by atoms with Crippen molar-refractivity contribution in [3.05, 3.63) is 77.4 Å². The lowest BCUT2D eigenvalue weighted by Crippen LogP contribution is -2.24. The highest BCUT2D eigenvalue weighted by molar-refractivity contribution is 6.27. The van der Waals surface area contributed by atoms with Crippen LogP contribution < -0.4 is 11.1 Å². The van der Waals surface area contributed by atoms with Crippen LogP contribution in [0, 0.1) is 5.82 Å². The van der Waals surface area contributed by atoms with E-state index in [0.29, 0.717) is 16.9 Å². The van der Waals surface area contributed by atoms with Gasteiger partial charge in [-0.2, -0.15) is 0 Å². The van der Waals surface area contributed by atoms with Crippen LogP contribution >= 0.6 is 0 Å². The summed E-state index contributed by atoms with van der Waals surface area (Å²) >= 11 is 0. The first-order chi connectivity index (χ1) is 14.9. The van der Waals surface area contributed by atoms with Crippen molar-refractivity contribution in [2.45, 2.75) is 0 Å². The van der Waals surface area contributed by atoms with Crippen LogP contribution in [0.15, 0.2) is 66.0 Å². The SMILES string of the molecule is NC(=O)COC(=O)C1=C(Nc2ccc(F)cc2)OC(=Cc2c[nH]c3ncccc23)C1=O. The maximum atomic E-state index is 13.2. The number of hydrogen-bond donors (Lipinski definition) is 3. The van der Waals surface area contributed by atoms with Crippen LogP contribution in [0.3, 0.4) is 0 Å². The molecule has 0 saturated carbocycles. The fourth-order valence-corrected chi connectivity index (χ4v) is 2.91. The summed E-state index contributed by atoms with van der Waals surface area (Å²) in [4.78, 5) is 43.4. The molecule has 0 atom stereocenters. The standard InChI is InChI=1S/C21H15FN4O5/c22-12-3-5-13(6-4-12)26-20-17(21(29)30-10-16(23)27)18(28)15(31-20)8-11-9-25-19-14(11)2-1-7-24-19/h1-9,26H,10H2,(H2,23,27)(H,24,25). The topological polar surface area (TPSA) is 136 Å². The second kappa shape index (κ2) is 8.11. The summed E-state index contributed by atoms with van der Waals surface area (Å²) in [5.74, 6) is -3.54. The lowest BCUT2D eigenvalue weighted by atomic mass is 10.1. The maximum Gasteiger partial charge on any atom is 0.348 e. The number of pyridine rings is 1. The molecular formula is C21H15FN4O5. The molecule has 0 radical (unpaired) electrons. The number of nitrogens with zero attached hydrogens (tertiary/aromatic N) is 1. The summed E-state index contributed by atoms with van der Waals surface area (Å²) in [6.45, 7) is -0.702. The Morgan fingerprint density at radius 2 is 2.03 bits per heavy atom. The predicted octanol–water partition coefficient (Wildman–Crippen LogP) is 1.99. The average Bonchev–Trinajstić information content (AvgIpc) is 3.29. The number of ketones is 1. The summed E-state index contributed by atoms with van der Waals surface area (Å²) in [7, 11) is 0. The first-order valence-corrected chi connectivity index (χ1v) is 9.01. The minimum absolute atomic E-state index is 0.152. The van der Waals surface area contributed by atoms with Crippen molar-refractivity contribution in [2.75, 3.05) is 11.9 Å². The number of aromatic amines is 1. The average molecular weight is 422 g/mol. The number of allylic oxidation sites excluding steroid dienone is 1. The number of carbonyl (C=O) groups excluding carboxylic acids is 3. The van der Waals surface area contributed by atoms with Crippen molar-refractivity contribution in [2.24, 2.45) is 5.73 Å². The molecule has 0 aliphatic carbocycles. The van der Waals surface area contributed by atoms with Gasteiger partial charge in [-0.15, -0.1) is 0 Å². The van der Waals surface area contributed by atoms with Crippen LogP contribution in [0.4, 0.5) is 10.1 Å². The van der Waals surface area contributed by atoms with E-state index in [2.05, 4.69) is 15.3 Å². The first kappa shape index (κ1) is 19.8. The van der Waals surface area contributed by atoms with Gasteiger partial charge < -0.3 is 25.5 Å². The number of halogens is 1. The quantitative estimate of drug-likeness (QED) is 0.314. The molecule has 31 heavy (non-hydrogen) atoms. The van der Waals surface area contributed by atoms with Crippen molar-refractivity contribution in [1.29, 1.82) is 0 Å². The van der Waals surface area contributed by atoms with Gasteiger partial charge in [-0.05, 0) is 42.5 Å². The molecular weight excluding hydrogens is 407 g/mol. The lowest BCUT2D eigenvalue weighted by Gasteiger charge is -2.08. The summed E-state index contributed by atoms with van der Waals surface area (Å²) in [5.41, 5.74) is 6.13. The fourth-order valence-electron chi connectivity index (χ4n) is 2.91. The molecule has 1 amide bonds. The number of nitrogens with one attached hydrogen (secondary N) is 2. The van der Waals surface area contributed by atoms with Crippen LogP contribution in [0.2, 0.25) is 0 Å². The van der Waals surface area contributed by atoms with E-state index >= 15 is 0 Å². The van der Waals surface area contributed by atoms with Gasteiger partial charge in [-0.3, -0.25) is 9.59 Å². The van der Waals surface area contributed by atoms with E-state index in [-0.39, 0.29) is 11.6 Å². The minimum Gasteiger partial charge on any atom is -0.452 e. The Bertz CT molecular complexity index is 1260. The number of aromatic nitrogens is 2. The number of anilines is 1. The highest BCUT2D eigenvalue weighted by Crippen LogP contribution is 2.30. The van der Waals surface area contributed by atoms with E-state index < -0.39 is 35.7 Å². The van der Waals surface area contributed by atoms with Crippen molar-refractivity contribution >= 4 is 40.5 Å². The van der Waals surface area contributed by atoms with E-state index in [9.17, 15) is 18.8 Å². The third-order valence-electron chi connectivity index (χ3n) is 4.31. The highest BCUT2D eigenvalue weighted by Gasteiger charge is 2.37. The number of primary amides is 1. The Morgan fingerprint density at radius 3 is 2.77 bits per heavy atom. The van der Waals surface area contributed by atoms with Crippen molar-refractivity contribution < 1.29 is 28.2 Å². The number of fused-ring (bicyclic) bond motifs is 1. The smallest absolute Gasteiger partial charge is 0.348 e. The van der Waals surface area contributed by atoms with Crippen molar-refractivity contribution in [3.63, 3.8) is 0 Å². The number of esters is 1. The number of benzene rings is 1. The van der Waals surface area contributed by atoms with Crippen LogP contribution in [0.1, 0.15) is 5.56 Å². The van der Waals surface area contributed by atoms with E-state index in [0.717, 1.165) is 5.39 Å². The number of hydrogen-bond acceptors (Lipinski definition) is 7. The summed E-state index contributed by atoms with van der Waals surface area (Å²) in [5, 5.41) is 3.50. The third-order valence-corrected chi connectivity index (χ3v) is 4.31. The zero-order valence-corrected chi connectivity index (χ0v) is 15.8. The summed E-state index contributed by atoms with van der Waals surface area (Å²) < 4.78 is 23.6. The Hall–Kier alpha value is -4.47. The van der Waals surface area contributed by atoms with Crippen LogP contribution in [0.5, 0.6) is 0 Å². The van der Waals surface area contributed by atoms with E-state index in [1.54, 1.807) is 24.5 Å². The molecule has 3 heterocycles. The molecule has 0 fully saturated rings. The zero-order chi connectivity index (χ0) is 22.0. The minimum atomic E-state index is -1.09. The van der Waals surface area contributed by atoms with Gasteiger partial charge >= 0.3 is 5.97 Å².